The molecule has 0 amide bonds. The summed E-state index contributed by atoms with van der Waals surface area (Å²) in [6.07, 6.45) is 0. The number of nitrogens with zero attached hydrogens (tertiary/aromatic N) is 3. The van der Waals surface area contributed by atoms with E-state index >= 15 is 8.78 Å². The van der Waals surface area contributed by atoms with E-state index in [1.807, 2.05) is 0 Å². The van der Waals surface area contributed by atoms with Crippen molar-refractivity contribution < 1.29 is 17.2 Å². The van der Waals surface area contributed by atoms with Gasteiger partial charge in [0, 0.05) is 40.9 Å². The molecule has 1 saturated heterocycles. The third kappa shape index (κ3) is 4.75. The van der Waals surface area contributed by atoms with Crippen LogP contribution in [0.15, 0.2) is 71.6 Å². The highest BCUT2D eigenvalue weighted by molar-refractivity contribution is 14.1. The molecule has 5 nitrogen and oxygen atoms in total. The number of hydrogen-bond donors (Lipinski definition) is 0. The zero-order chi connectivity index (χ0) is 22.9. The highest BCUT2D eigenvalue weighted by Crippen LogP contribution is 2.38. The van der Waals surface area contributed by atoms with Crippen molar-refractivity contribution in [1.29, 1.82) is 0 Å². The molecule has 0 radical (unpaired) electrons. The van der Waals surface area contributed by atoms with Crippen molar-refractivity contribution >= 4 is 50.0 Å². The topological polar surface area (TPSA) is 53.5 Å². The van der Waals surface area contributed by atoms with Crippen LogP contribution in [-0.2, 0) is 15.9 Å². The molecule has 2 heterocycles. The number of alkyl halides is 2. The first-order chi connectivity index (χ1) is 15.2. The van der Waals surface area contributed by atoms with E-state index < -0.39 is 15.9 Å². The molecule has 0 spiro atoms. The molecular weight excluding hydrogens is 571 g/mol. The maximum Gasteiger partial charge on any atom is 0.298 e. The number of anilines is 1. The molecule has 0 atom stereocenters. The van der Waals surface area contributed by atoms with Crippen molar-refractivity contribution in [3.63, 3.8) is 0 Å². The summed E-state index contributed by atoms with van der Waals surface area (Å²) >= 11 is 8.20. The number of pyridine rings is 1. The van der Waals surface area contributed by atoms with E-state index in [2.05, 4.69) is 27.6 Å². The first kappa shape index (κ1) is 23.3. The summed E-state index contributed by atoms with van der Waals surface area (Å²) < 4.78 is 58.3. The summed E-state index contributed by atoms with van der Waals surface area (Å²) in [7, 11) is -3.62. The SMILES string of the molecule is O=S(=O)(c1ccc(I)cc1)N1CCN(c2cc(C(F)(F)c3ccccc3)cc(Cl)n2)CC1. The zero-order valence-electron chi connectivity index (χ0n) is 16.8. The molecular formula is C22H19ClF2IN3O2S. The average molecular weight is 590 g/mol. The van der Waals surface area contributed by atoms with Crippen LogP contribution in [0.25, 0.3) is 0 Å². The van der Waals surface area contributed by atoms with Crippen molar-refractivity contribution in [3.05, 3.63) is 86.6 Å². The lowest BCUT2D eigenvalue weighted by Crippen LogP contribution is -2.49. The molecule has 32 heavy (non-hydrogen) atoms. The minimum absolute atomic E-state index is 0.0398. The van der Waals surface area contributed by atoms with Crippen LogP contribution in [0.2, 0.25) is 5.15 Å². The predicted octanol–water partition coefficient (Wildman–Crippen LogP) is 4.99. The van der Waals surface area contributed by atoms with Gasteiger partial charge in [0.2, 0.25) is 10.0 Å². The van der Waals surface area contributed by atoms with Crippen LogP contribution >= 0.6 is 34.2 Å². The highest BCUT2D eigenvalue weighted by atomic mass is 127. The first-order valence-corrected chi connectivity index (χ1v) is 12.7. The molecule has 3 aromatic rings. The third-order valence-corrected chi connectivity index (χ3v) is 8.12. The van der Waals surface area contributed by atoms with Crippen molar-refractivity contribution in [2.24, 2.45) is 0 Å². The highest BCUT2D eigenvalue weighted by Gasteiger charge is 2.36. The summed E-state index contributed by atoms with van der Waals surface area (Å²) in [6.45, 7) is 1.06. The van der Waals surface area contributed by atoms with Gasteiger partial charge in [-0.05, 0) is 59.0 Å². The summed E-state index contributed by atoms with van der Waals surface area (Å²) in [4.78, 5) is 6.22. The quantitative estimate of drug-likeness (QED) is 0.311. The van der Waals surface area contributed by atoms with Crippen molar-refractivity contribution in [1.82, 2.24) is 9.29 Å². The standard InChI is InChI=1S/C22H19ClF2IN3O2S/c23-20-14-17(22(24,25)16-4-2-1-3-5-16)15-21(27-20)28-10-12-29(13-11-28)32(30,31)19-8-6-18(26)7-9-19/h1-9,14-15H,10-13H2. The van der Waals surface area contributed by atoms with Gasteiger partial charge in [-0.3, -0.25) is 0 Å². The molecule has 1 aliphatic rings. The smallest absolute Gasteiger partial charge is 0.298 e. The van der Waals surface area contributed by atoms with Gasteiger partial charge in [0.1, 0.15) is 11.0 Å². The number of rotatable bonds is 5. The van der Waals surface area contributed by atoms with E-state index in [4.69, 9.17) is 11.6 Å². The zero-order valence-corrected chi connectivity index (χ0v) is 20.5. The van der Waals surface area contributed by atoms with E-state index in [1.165, 1.54) is 22.5 Å². The van der Waals surface area contributed by atoms with Crippen LogP contribution in [0, 0.1) is 3.57 Å². The summed E-state index contributed by atoms with van der Waals surface area (Å²) in [5.41, 5.74) is -0.394. The molecule has 0 aliphatic carbocycles. The molecule has 2 aromatic carbocycles. The van der Waals surface area contributed by atoms with Crippen LogP contribution in [0.4, 0.5) is 14.6 Å². The normalized spacial score (nSPS) is 15.7. The summed E-state index contributed by atoms with van der Waals surface area (Å²) in [5, 5.41) is -0.0398. The molecule has 1 fully saturated rings. The lowest BCUT2D eigenvalue weighted by Gasteiger charge is -2.35. The second kappa shape index (κ2) is 9.20. The Morgan fingerprint density at radius 3 is 2.16 bits per heavy atom. The fourth-order valence-electron chi connectivity index (χ4n) is 3.55. The Bertz CT molecular complexity index is 1200. The Kier molecular flexibility index (Phi) is 6.71. The number of piperazine rings is 1. The second-order valence-corrected chi connectivity index (χ2v) is 10.9. The van der Waals surface area contributed by atoms with Crippen molar-refractivity contribution in [2.45, 2.75) is 10.8 Å². The first-order valence-electron chi connectivity index (χ1n) is 9.80. The van der Waals surface area contributed by atoms with E-state index in [-0.39, 0.29) is 34.3 Å². The van der Waals surface area contributed by atoms with Gasteiger partial charge in [-0.15, -0.1) is 0 Å². The van der Waals surface area contributed by atoms with Gasteiger partial charge < -0.3 is 4.90 Å². The van der Waals surface area contributed by atoms with Gasteiger partial charge in [-0.25, -0.2) is 13.4 Å². The van der Waals surface area contributed by atoms with Crippen LogP contribution < -0.4 is 4.90 Å². The Morgan fingerprint density at radius 1 is 0.906 bits per heavy atom. The largest absolute Gasteiger partial charge is 0.354 e. The predicted molar refractivity (Wildman–Crippen MR) is 129 cm³/mol. The Morgan fingerprint density at radius 2 is 1.53 bits per heavy atom. The van der Waals surface area contributed by atoms with Crippen LogP contribution in [0.1, 0.15) is 11.1 Å². The minimum atomic E-state index is -3.62. The van der Waals surface area contributed by atoms with E-state index in [9.17, 15) is 8.42 Å². The maximum absolute atomic E-state index is 15.1. The Balaban J connectivity index is 1.53. The molecule has 1 aliphatic heterocycles. The monoisotopic (exact) mass is 589 g/mol. The molecule has 0 unspecified atom stereocenters. The van der Waals surface area contributed by atoms with Gasteiger partial charge in [0.25, 0.3) is 5.92 Å². The van der Waals surface area contributed by atoms with E-state index in [1.54, 1.807) is 47.4 Å². The molecule has 1 aromatic heterocycles. The van der Waals surface area contributed by atoms with Gasteiger partial charge >= 0.3 is 0 Å². The molecule has 168 valence electrons. The average Bonchev–Trinajstić information content (AvgIpc) is 2.79. The fourth-order valence-corrected chi connectivity index (χ4v) is 5.54. The molecule has 10 heteroatoms. The number of sulfonamides is 1. The van der Waals surface area contributed by atoms with Crippen molar-refractivity contribution in [3.8, 4) is 0 Å². The van der Waals surface area contributed by atoms with Crippen LogP contribution in [0.5, 0.6) is 0 Å². The molecule has 0 saturated carbocycles. The van der Waals surface area contributed by atoms with Crippen molar-refractivity contribution in [2.75, 3.05) is 31.1 Å². The van der Waals surface area contributed by atoms with Crippen LogP contribution in [0.3, 0.4) is 0 Å². The van der Waals surface area contributed by atoms with Gasteiger partial charge in [-0.2, -0.15) is 13.1 Å². The maximum atomic E-state index is 15.1. The minimum Gasteiger partial charge on any atom is -0.354 e. The summed E-state index contributed by atoms with van der Waals surface area (Å²) in [5.74, 6) is -2.94. The lowest BCUT2D eigenvalue weighted by molar-refractivity contribution is 0.0428. The number of hydrogen-bond acceptors (Lipinski definition) is 4. The Labute approximate surface area is 204 Å². The van der Waals surface area contributed by atoms with Gasteiger partial charge in [0.05, 0.1) is 4.90 Å². The molecule has 4 rings (SSSR count). The van der Waals surface area contributed by atoms with Crippen LogP contribution in [-0.4, -0.2) is 43.9 Å². The number of benzene rings is 2. The molecule has 0 N–H and O–H groups in total. The second-order valence-electron chi connectivity index (χ2n) is 7.32. The van der Waals surface area contributed by atoms with E-state index in [0.717, 1.165) is 9.64 Å². The van der Waals surface area contributed by atoms with Gasteiger partial charge in [-0.1, -0.05) is 41.9 Å². The van der Waals surface area contributed by atoms with E-state index in [0.29, 0.717) is 18.9 Å². The summed E-state index contributed by atoms with van der Waals surface area (Å²) in [6, 6.07) is 16.7. The Hall–Kier alpha value is -1.82. The lowest BCUT2D eigenvalue weighted by atomic mass is 10.0. The van der Waals surface area contributed by atoms with Gasteiger partial charge in [0.15, 0.2) is 0 Å². The fraction of sp³-hybridized carbons (Fsp3) is 0.227. The molecule has 0 bridgehead atoms. The number of halogens is 4. The number of aromatic nitrogens is 1. The third-order valence-electron chi connectivity index (χ3n) is 5.29.